The third kappa shape index (κ3) is 13.1. The van der Waals surface area contributed by atoms with Crippen LogP contribution in [0, 0.1) is 0 Å². The molecule has 4 aromatic carbocycles. The van der Waals surface area contributed by atoms with Crippen LogP contribution in [0.2, 0.25) is 0 Å². The van der Waals surface area contributed by atoms with Gasteiger partial charge in [-0.1, -0.05) is 24.3 Å². The number of aromatic amines is 2. The minimum Gasteiger partial charge on any atom is -0.846 e. The monoisotopic (exact) mass is 1010 g/mol. The van der Waals surface area contributed by atoms with Crippen molar-refractivity contribution in [3.05, 3.63) is 94.0 Å². The normalized spacial score (nSPS) is 14.4. The predicted molar refractivity (Wildman–Crippen MR) is 198 cm³/mol. The van der Waals surface area contributed by atoms with Crippen molar-refractivity contribution in [3.8, 4) is 6.01 Å². The summed E-state index contributed by atoms with van der Waals surface area (Å²) in [5.74, 6) is -2.16. The van der Waals surface area contributed by atoms with Crippen molar-refractivity contribution >= 4 is 95.7 Å². The molecule has 316 valence electrons. The van der Waals surface area contributed by atoms with Crippen LogP contribution in [0.5, 0.6) is 6.01 Å². The van der Waals surface area contributed by atoms with Crippen LogP contribution < -0.4 is 140 Å². The summed E-state index contributed by atoms with van der Waals surface area (Å²) >= 11 is 0. The van der Waals surface area contributed by atoms with Crippen molar-refractivity contribution in [2.45, 2.75) is 19.6 Å². The first-order valence-corrected chi connectivity index (χ1v) is 23.2. The molecular formula is C31H21N7Na4O17S5. The Hall–Kier alpha value is -2.02. The van der Waals surface area contributed by atoms with E-state index in [4.69, 9.17) is 5.11 Å². The van der Waals surface area contributed by atoms with Gasteiger partial charge < -0.3 is 28.9 Å². The molecule has 0 aliphatic heterocycles. The van der Waals surface area contributed by atoms with Crippen molar-refractivity contribution < 1.29 is 194 Å². The first kappa shape index (κ1) is 58.1. The summed E-state index contributed by atoms with van der Waals surface area (Å²) < 4.78 is 169. The maximum atomic E-state index is 14.1. The van der Waals surface area contributed by atoms with Gasteiger partial charge in [0.2, 0.25) is 17.0 Å². The average molecular weight is 1020 g/mol. The number of carbonyl (C=O) groups is 1. The first-order valence-electron chi connectivity index (χ1n) is 15.9. The van der Waals surface area contributed by atoms with Crippen LogP contribution in [0.4, 0.5) is 17.1 Å². The van der Waals surface area contributed by atoms with Crippen molar-refractivity contribution in [2.24, 2.45) is 15.1 Å². The molecule has 0 saturated carbocycles. The van der Waals surface area contributed by atoms with E-state index in [2.05, 4.69) is 30.0 Å². The Bertz CT molecular complexity index is 3490. The molecule has 0 radical (unpaired) electrons. The molecule has 5 aromatic rings. The SMILES string of the molecule is O=C1/C(=N/Nc2ccc3c(S(=O)(=O)[O-])cccc3c2S(=O)(=O)O)C(S(=O)(=O)[O-])=Cc2cc(S(=O)(=O)[O-])cc(N=c3[nH]c([O-])nc(=Nc4cccc(S(=O)(=O)CCO)c4)[nH]3)c21.[Na+].[Na+].[Na+].[Na+]. The molecule has 1 aliphatic carbocycles. The number of allylic oxidation sites excluding steroid dienone is 1. The van der Waals surface area contributed by atoms with E-state index in [0.29, 0.717) is 18.2 Å². The average Bonchev–Trinajstić information content (AvgIpc) is 3.11. The largest absolute Gasteiger partial charge is 1.00 e. The zero-order valence-electron chi connectivity index (χ0n) is 33.2. The fourth-order valence-electron chi connectivity index (χ4n) is 5.68. The third-order valence-corrected chi connectivity index (χ3v) is 13.3. The number of fused-ring (bicyclic) bond motifs is 2. The third-order valence-electron chi connectivity index (χ3n) is 8.10. The van der Waals surface area contributed by atoms with Gasteiger partial charge in [0.1, 0.15) is 41.0 Å². The number of aliphatic hydroxyl groups excluding tert-OH is 1. The van der Waals surface area contributed by atoms with Gasteiger partial charge in [0.15, 0.2) is 9.84 Å². The van der Waals surface area contributed by atoms with E-state index in [0.717, 1.165) is 36.4 Å². The maximum Gasteiger partial charge on any atom is 1.00 e. The number of hydrogen-bond acceptors (Lipinski definition) is 21. The van der Waals surface area contributed by atoms with Gasteiger partial charge in [0.05, 0.1) is 60.6 Å². The second-order valence-corrected chi connectivity index (χ2v) is 19.6. The number of nitrogens with one attached hydrogen (secondary N) is 3. The Morgan fingerprint density at radius 1 is 0.734 bits per heavy atom. The molecule has 0 amide bonds. The number of hydrazone groups is 1. The van der Waals surface area contributed by atoms with Gasteiger partial charge in [-0.25, -0.2) is 48.6 Å². The number of H-pyrrole nitrogens is 2. The molecule has 0 spiro atoms. The Labute approximate surface area is 450 Å². The zero-order valence-corrected chi connectivity index (χ0v) is 45.3. The fraction of sp³-hybridized carbons (Fsp3) is 0.0645. The molecule has 0 bridgehead atoms. The van der Waals surface area contributed by atoms with E-state index < -0.39 is 144 Å². The standard InChI is InChI=1S/C31H25N7O17S5.4Na/c39-9-10-56(42,43)17-4-1-3-16(13-17)32-29-34-30(36-31(41)35-29)33-22-14-18(57(44,45)46)11-15-12-24(59(50,51)52)26(27(40)25(15)22)38-37-21-8-7-19-20(28(21)60(53,54)55)5-2-6-23(19)58(47,48)49;;;;/h1-8,11-14,37,39H,9-10H2,(H,44,45,46)(H,47,48,49)(H,50,51,52)(H,53,54,55)(H3,32,33,34,35,36,41);;;;/q;4*+1/p-4/b38-26+;;;;. The summed E-state index contributed by atoms with van der Waals surface area (Å²) in [6.07, 6.45) is 0.431. The van der Waals surface area contributed by atoms with Gasteiger partial charge >= 0.3 is 118 Å². The second-order valence-electron chi connectivity index (χ2n) is 12.1. The summed E-state index contributed by atoms with van der Waals surface area (Å²) in [5, 5.41) is 24.2. The summed E-state index contributed by atoms with van der Waals surface area (Å²) in [6.45, 7) is -0.687. The van der Waals surface area contributed by atoms with Gasteiger partial charge in [0, 0.05) is 10.8 Å². The van der Waals surface area contributed by atoms with Crippen LogP contribution in [0.25, 0.3) is 16.8 Å². The summed E-state index contributed by atoms with van der Waals surface area (Å²) in [6, 6.07) is 9.19. The van der Waals surface area contributed by atoms with Crippen LogP contribution in [-0.2, 0) is 50.3 Å². The van der Waals surface area contributed by atoms with Crippen LogP contribution in [0.3, 0.4) is 0 Å². The molecule has 1 heterocycles. The summed E-state index contributed by atoms with van der Waals surface area (Å²) in [4.78, 5) is 25.4. The molecule has 24 nitrogen and oxygen atoms in total. The summed E-state index contributed by atoms with van der Waals surface area (Å²) in [7, 11) is -25.7. The van der Waals surface area contributed by atoms with Crippen LogP contribution in [0.1, 0.15) is 15.9 Å². The number of hydrogen-bond donors (Lipinski definition) is 5. The van der Waals surface area contributed by atoms with E-state index in [1.165, 1.54) is 18.2 Å². The number of sulfone groups is 1. The molecule has 0 saturated heterocycles. The van der Waals surface area contributed by atoms with E-state index in [-0.39, 0.29) is 129 Å². The van der Waals surface area contributed by atoms with Gasteiger partial charge in [-0.05, 0) is 54.1 Å². The smallest absolute Gasteiger partial charge is 0.846 e. The predicted octanol–water partition coefficient (Wildman–Crippen LogP) is -13.2. The van der Waals surface area contributed by atoms with Gasteiger partial charge in [-0.2, -0.15) is 13.5 Å². The minimum atomic E-state index is -5.76. The number of carbonyl (C=O) groups excluding carboxylic acids is 1. The van der Waals surface area contributed by atoms with E-state index in [9.17, 15) is 70.2 Å². The fourth-order valence-corrected chi connectivity index (χ4v) is 9.46. The summed E-state index contributed by atoms with van der Waals surface area (Å²) in [5.41, 5.74) is -3.62. The molecule has 0 fully saturated rings. The van der Waals surface area contributed by atoms with Crippen molar-refractivity contribution in [3.63, 3.8) is 0 Å². The van der Waals surface area contributed by atoms with Gasteiger partial charge in [-0.15, -0.1) is 0 Å². The molecule has 33 heteroatoms. The van der Waals surface area contributed by atoms with E-state index in [1.54, 1.807) is 0 Å². The number of aromatic nitrogens is 3. The maximum absolute atomic E-state index is 14.1. The number of benzene rings is 4. The molecule has 1 aliphatic rings. The van der Waals surface area contributed by atoms with E-state index in [1.807, 2.05) is 5.43 Å². The first-order chi connectivity index (χ1) is 27.8. The molecule has 5 N–H and O–H groups in total. The number of ketones is 1. The number of Topliss-reactive ketones (excluding diaryl/α,β-unsaturated/α-hetero) is 1. The number of rotatable bonds is 11. The molecule has 0 unspecified atom stereocenters. The van der Waals surface area contributed by atoms with Crippen molar-refractivity contribution in [1.82, 2.24) is 15.0 Å². The quantitative estimate of drug-likeness (QED) is 0.0466. The minimum absolute atomic E-state index is 0. The molecule has 64 heavy (non-hydrogen) atoms. The number of anilines is 1. The molecule has 0 atom stereocenters. The second kappa shape index (κ2) is 21.9. The Balaban J connectivity index is 0.00000352. The number of nitrogens with zero attached hydrogens (tertiary/aromatic N) is 4. The molecular weight excluding hydrogens is 995 g/mol. The van der Waals surface area contributed by atoms with Crippen LogP contribution in [0.15, 0.2) is 106 Å². The van der Waals surface area contributed by atoms with Gasteiger partial charge in [0.25, 0.3) is 10.1 Å². The topological polar surface area (TPSA) is 414 Å². The zero-order chi connectivity index (χ0) is 44.2. The van der Waals surface area contributed by atoms with Crippen LogP contribution >= 0.6 is 0 Å². The number of aliphatic hydroxyl groups is 1. The van der Waals surface area contributed by atoms with Crippen molar-refractivity contribution in [1.29, 1.82) is 0 Å². The molecule has 6 rings (SSSR count). The Kier molecular flexibility index (Phi) is 19.9. The Morgan fingerprint density at radius 3 is 1.98 bits per heavy atom. The van der Waals surface area contributed by atoms with Gasteiger partial charge in [-0.3, -0.25) is 19.8 Å². The molecule has 1 aromatic heterocycles. The van der Waals surface area contributed by atoms with Crippen LogP contribution in [-0.4, -0.2) is 104 Å². The Morgan fingerprint density at radius 2 is 1.39 bits per heavy atom. The van der Waals surface area contributed by atoms with Crippen molar-refractivity contribution in [2.75, 3.05) is 17.8 Å². The van der Waals surface area contributed by atoms with E-state index >= 15 is 0 Å².